The van der Waals surface area contributed by atoms with Crippen molar-refractivity contribution in [3.8, 4) is 0 Å². The smallest absolute Gasteiger partial charge is 0.323 e. The summed E-state index contributed by atoms with van der Waals surface area (Å²) in [7, 11) is 0. The molecule has 0 amide bonds. The molecule has 0 aliphatic carbocycles. The van der Waals surface area contributed by atoms with E-state index in [1.165, 1.54) is 57.8 Å². The fourth-order valence-electron chi connectivity index (χ4n) is 4.83. The molecule has 0 aliphatic heterocycles. The summed E-state index contributed by atoms with van der Waals surface area (Å²) in [4.78, 5) is 37.3. The van der Waals surface area contributed by atoms with Gasteiger partial charge in [0, 0.05) is 18.9 Å². The zero-order valence-corrected chi connectivity index (χ0v) is 26.8. The van der Waals surface area contributed by atoms with Gasteiger partial charge in [-0.05, 0) is 44.4 Å². The number of ether oxygens (including phenoxy) is 2. The summed E-state index contributed by atoms with van der Waals surface area (Å²) in [5.74, 6) is -0.637. The molecule has 0 unspecified atom stereocenters. The number of allylic oxidation sites excluding steroid dienone is 2. The second kappa shape index (κ2) is 21.6. The number of aromatic nitrogens is 4. The molecule has 0 aliphatic rings. The molecule has 0 radical (unpaired) electrons. The third-order valence-corrected chi connectivity index (χ3v) is 7.72. The third kappa shape index (κ3) is 15.3. The molecule has 10 heteroatoms. The Hall–Kier alpha value is -3.01. The lowest BCUT2D eigenvalue weighted by Gasteiger charge is -2.20. The predicted molar refractivity (Wildman–Crippen MR) is 172 cm³/mol. The predicted octanol–water partition coefficient (Wildman–Crippen LogP) is 6.52. The van der Waals surface area contributed by atoms with Crippen LogP contribution in [0.1, 0.15) is 117 Å². The van der Waals surface area contributed by atoms with E-state index in [0.29, 0.717) is 30.6 Å². The van der Waals surface area contributed by atoms with Crippen molar-refractivity contribution in [1.82, 2.24) is 19.5 Å². The number of hydrogen-bond donors (Lipinski definition) is 2. The van der Waals surface area contributed by atoms with E-state index in [9.17, 15) is 9.59 Å². The quantitative estimate of drug-likeness (QED) is 0.0780. The van der Waals surface area contributed by atoms with Gasteiger partial charge in [-0.1, -0.05) is 84.3 Å². The maximum absolute atomic E-state index is 12.4. The van der Waals surface area contributed by atoms with Crippen LogP contribution in [-0.2, 0) is 25.6 Å². The van der Waals surface area contributed by atoms with Gasteiger partial charge in [-0.2, -0.15) is 4.98 Å². The molecule has 0 spiro atoms. The van der Waals surface area contributed by atoms with Gasteiger partial charge in [0.2, 0.25) is 5.95 Å². The molecule has 2 heterocycles. The Morgan fingerprint density at radius 2 is 1.58 bits per heavy atom. The van der Waals surface area contributed by atoms with Gasteiger partial charge in [-0.3, -0.25) is 9.59 Å². The number of imidazole rings is 1. The number of carbonyl (C=O) groups excluding carboxylic acids is 2. The largest absolute Gasteiger partial charge is 0.466 e. The number of hydrogen-bond acceptors (Lipinski definition) is 9. The molecule has 0 bridgehead atoms. The number of carbonyl (C=O) groups is 2. The highest BCUT2D eigenvalue weighted by Crippen LogP contribution is 2.16. The summed E-state index contributed by atoms with van der Waals surface area (Å²) in [5, 5.41) is 0. The van der Waals surface area contributed by atoms with Gasteiger partial charge in [0.25, 0.3) is 0 Å². The Labute approximate surface area is 258 Å². The van der Waals surface area contributed by atoms with Gasteiger partial charge in [0.1, 0.15) is 11.6 Å². The molecule has 0 fully saturated rings. The number of rotatable bonds is 24. The van der Waals surface area contributed by atoms with Crippen molar-refractivity contribution in [2.45, 2.75) is 130 Å². The van der Waals surface area contributed by atoms with Gasteiger partial charge in [0.05, 0.1) is 25.7 Å². The van der Waals surface area contributed by atoms with Crippen LogP contribution >= 0.6 is 0 Å². The number of fused-ring (bicyclic) bond motifs is 1. The lowest BCUT2D eigenvalue weighted by Crippen LogP contribution is -2.38. The normalized spacial score (nSPS) is 13.1. The standard InChI is InChI=1S/C33H56N6O4/c1-4-5-6-7-8-9-10-11-12-13-14-15-16-17-18-19-29(40)42-21-20-27(24-43-32(41)30(34)26(2)3)23-39-25-37-28-22-36-33(35)38-31(28)39/h11-12,22,25-27,30H,4-10,13-21,23-24,34H2,1-3H3,(H2,35,36,38)/b12-11+/t27-,30+/m1/s1. The molecule has 2 rings (SSSR count). The van der Waals surface area contributed by atoms with Crippen LogP contribution in [0.4, 0.5) is 5.95 Å². The Morgan fingerprint density at radius 3 is 2.26 bits per heavy atom. The number of esters is 2. The Balaban J connectivity index is 1.64. The first-order chi connectivity index (χ1) is 20.8. The third-order valence-electron chi connectivity index (χ3n) is 7.72. The average Bonchev–Trinajstić information content (AvgIpc) is 3.38. The van der Waals surface area contributed by atoms with E-state index in [1.54, 1.807) is 12.5 Å². The molecule has 242 valence electrons. The van der Waals surface area contributed by atoms with Gasteiger partial charge >= 0.3 is 11.9 Å². The van der Waals surface area contributed by atoms with Crippen molar-refractivity contribution in [3.05, 3.63) is 24.7 Å². The molecule has 0 saturated carbocycles. The Kier molecular flexibility index (Phi) is 18.2. The zero-order valence-electron chi connectivity index (χ0n) is 26.8. The second-order valence-corrected chi connectivity index (χ2v) is 11.9. The molecule has 2 atom stereocenters. The summed E-state index contributed by atoms with van der Waals surface area (Å²) in [6.45, 7) is 6.85. The van der Waals surface area contributed by atoms with Crippen molar-refractivity contribution in [3.63, 3.8) is 0 Å². The van der Waals surface area contributed by atoms with Crippen LogP contribution in [0.25, 0.3) is 11.2 Å². The molecule has 43 heavy (non-hydrogen) atoms. The summed E-state index contributed by atoms with van der Waals surface area (Å²) in [5.41, 5.74) is 12.9. The molecular weight excluding hydrogens is 544 g/mol. The minimum Gasteiger partial charge on any atom is -0.466 e. The Bertz CT molecular complexity index is 1090. The summed E-state index contributed by atoms with van der Waals surface area (Å²) in [6, 6.07) is -0.688. The van der Waals surface area contributed by atoms with Crippen LogP contribution in [0.15, 0.2) is 24.7 Å². The highest BCUT2D eigenvalue weighted by Gasteiger charge is 2.22. The van der Waals surface area contributed by atoms with Crippen LogP contribution in [-0.4, -0.2) is 50.7 Å². The SMILES string of the molecule is CCCCCCCC/C=C/CCCCCCCC(=O)OCC[C@@H](COC(=O)[C@@H](N)C(C)C)Cn1cnc2cnc(N)nc21. The van der Waals surface area contributed by atoms with Crippen LogP contribution in [0.2, 0.25) is 0 Å². The van der Waals surface area contributed by atoms with E-state index in [1.807, 2.05) is 18.4 Å². The summed E-state index contributed by atoms with van der Waals surface area (Å²) >= 11 is 0. The maximum atomic E-state index is 12.4. The lowest BCUT2D eigenvalue weighted by molar-refractivity contribution is -0.149. The van der Waals surface area contributed by atoms with Gasteiger partial charge < -0.3 is 25.5 Å². The zero-order chi connectivity index (χ0) is 31.3. The Morgan fingerprint density at radius 1 is 0.930 bits per heavy atom. The van der Waals surface area contributed by atoms with E-state index < -0.39 is 12.0 Å². The lowest BCUT2D eigenvalue weighted by atomic mass is 10.1. The van der Waals surface area contributed by atoms with E-state index in [4.69, 9.17) is 20.9 Å². The number of nitrogens with zero attached hydrogens (tertiary/aromatic N) is 4. The van der Waals surface area contributed by atoms with Crippen LogP contribution in [0, 0.1) is 11.8 Å². The highest BCUT2D eigenvalue weighted by atomic mass is 16.5. The van der Waals surface area contributed by atoms with Crippen molar-refractivity contribution in [1.29, 1.82) is 0 Å². The van der Waals surface area contributed by atoms with Crippen LogP contribution in [0.5, 0.6) is 0 Å². The summed E-state index contributed by atoms with van der Waals surface area (Å²) in [6.07, 6.45) is 24.7. The molecule has 0 saturated heterocycles. The van der Waals surface area contributed by atoms with Gasteiger partial charge in [-0.25, -0.2) is 9.97 Å². The van der Waals surface area contributed by atoms with E-state index in [0.717, 1.165) is 25.7 Å². The number of nitrogen functional groups attached to an aromatic ring is 1. The molecule has 10 nitrogen and oxygen atoms in total. The molecule has 2 aromatic heterocycles. The van der Waals surface area contributed by atoms with Crippen molar-refractivity contribution < 1.29 is 19.1 Å². The minimum atomic E-state index is -0.688. The van der Waals surface area contributed by atoms with Crippen molar-refractivity contribution in [2.24, 2.45) is 17.6 Å². The van der Waals surface area contributed by atoms with E-state index in [-0.39, 0.29) is 37.0 Å². The molecule has 2 aromatic rings. The van der Waals surface area contributed by atoms with Crippen LogP contribution in [0.3, 0.4) is 0 Å². The monoisotopic (exact) mass is 600 g/mol. The van der Waals surface area contributed by atoms with Gasteiger partial charge in [0.15, 0.2) is 5.65 Å². The van der Waals surface area contributed by atoms with E-state index >= 15 is 0 Å². The second-order valence-electron chi connectivity index (χ2n) is 11.9. The van der Waals surface area contributed by atoms with Crippen LogP contribution < -0.4 is 11.5 Å². The maximum Gasteiger partial charge on any atom is 0.323 e. The first-order valence-corrected chi connectivity index (χ1v) is 16.5. The first-order valence-electron chi connectivity index (χ1n) is 16.5. The fraction of sp³-hybridized carbons (Fsp3) is 0.727. The number of nitrogens with two attached hydrogens (primary N) is 2. The highest BCUT2D eigenvalue weighted by molar-refractivity contribution is 5.75. The fourth-order valence-corrected chi connectivity index (χ4v) is 4.83. The minimum absolute atomic E-state index is 0.0271. The van der Waals surface area contributed by atoms with Gasteiger partial charge in [-0.15, -0.1) is 0 Å². The topological polar surface area (TPSA) is 148 Å². The number of unbranched alkanes of at least 4 members (excludes halogenated alkanes) is 11. The average molecular weight is 601 g/mol. The van der Waals surface area contributed by atoms with E-state index in [2.05, 4.69) is 34.0 Å². The molecular formula is C33H56N6O4. The molecule has 0 aromatic carbocycles. The molecule has 4 N–H and O–H groups in total. The van der Waals surface area contributed by atoms with Crippen molar-refractivity contribution in [2.75, 3.05) is 18.9 Å². The number of anilines is 1. The summed E-state index contributed by atoms with van der Waals surface area (Å²) < 4.78 is 12.9. The van der Waals surface area contributed by atoms with Crippen molar-refractivity contribution >= 4 is 29.1 Å². The first kappa shape index (κ1) is 36.2.